The fourth-order valence-corrected chi connectivity index (χ4v) is 3.55. The van der Waals surface area contributed by atoms with E-state index in [-0.39, 0.29) is 22.2 Å². The predicted octanol–water partition coefficient (Wildman–Crippen LogP) is 3.82. The fraction of sp³-hybridized carbons (Fsp3) is 0.350. The molecule has 148 valence electrons. The highest BCUT2D eigenvalue weighted by molar-refractivity contribution is 6.36. The number of piperidine rings is 1. The van der Waals surface area contributed by atoms with E-state index < -0.39 is 11.5 Å². The molecule has 3 rings (SSSR count). The number of anilines is 1. The van der Waals surface area contributed by atoms with E-state index in [1.807, 2.05) is 0 Å². The lowest BCUT2D eigenvalue weighted by Crippen LogP contribution is -2.38. The first kappa shape index (κ1) is 20.4. The summed E-state index contributed by atoms with van der Waals surface area (Å²) in [5.41, 5.74) is 0.0946. The molecule has 0 unspecified atom stereocenters. The highest BCUT2D eigenvalue weighted by atomic mass is 35.5. The smallest absolute Gasteiger partial charge is 0.274 e. The van der Waals surface area contributed by atoms with Crippen LogP contribution in [0.1, 0.15) is 40.5 Å². The van der Waals surface area contributed by atoms with E-state index in [1.165, 1.54) is 29.0 Å². The molecule has 1 fully saturated rings. The van der Waals surface area contributed by atoms with E-state index in [1.54, 1.807) is 18.0 Å². The molecular formula is C20H21Cl2N3O3. The highest BCUT2D eigenvalue weighted by Gasteiger charge is 2.23. The molecule has 0 bridgehead atoms. The Labute approximate surface area is 173 Å². The lowest BCUT2D eigenvalue weighted by atomic mass is 9.99. The van der Waals surface area contributed by atoms with Crippen molar-refractivity contribution in [1.82, 2.24) is 9.47 Å². The van der Waals surface area contributed by atoms with Crippen molar-refractivity contribution in [3.05, 3.63) is 62.0 Å². The Balaban J connectivity index is 1.87. The van der Waals surface area contributed by atoms with Gasteiger partial charge in [-0.1, -0.05) is 30.1 Å². The molecule has 0 aliphatic carbocycles. The van der Waals surface area contributed by atoms with Crippen LogP contribution in [0.15, 0.2) is 35.3 Å². The first-order chi connectivity index (χ1) is 13.3. The van der Waals surface area contributed by atoms with Crippen molar-refractivity contribution in [3.8, 4) is 0 Å². The molecule has 1 aliphatic rings. The van der Waals surface area contributed by atoms with Gasteiger partial charge in [-0.05, 0) is 43.0 Å². The monoisotopic (exact) mass is 421 g/mol. The Hall–Kier alpha value is -2.31. The molecule has 1 aromatic carbocycles. The number of nitrogens with one attached hydrogen (secondary N) is 1. The number of likely N-dealkylation sites (tertiary alicyclic amines) is 1. The van der Waals surface area contributed by atoms with Crippen LogP contribution in [0.3, 0.4) is 0 Å². The SMILES string of the molecule is CC1CCN(C(=O)c2cc(NC(=O)c3cc(Cl)ccc3Cl)c(=O)n(C)c2)CC1. The molecule has 0 atom stereocenters. The number of aryl methyl sites for hydroxylation is 1. The predicted molar refractivity (Wildman–Crippen MR) is 110 cm³/mol. The third kappa shape index (κ3) is 4.39. The summed E-state index contributed by atoms with van der Waals surface area (Å²) in [5, 5.41) is 3.12. The van der Waals surface area contributed by atoms with Crippen molar-refractivity contribution in [2.75, 3.05) is 18.4 Å². The molecule has 2 heterocycles. The summed E-state index contributed by atoms with van der Waals surface area (Å²) in [6, 6.07) is 5.92. The summed E-state index contributed by atoms with van der Waals surface area (Å²) in [7, 11) is 1.54. The van der Waals surface area contributed by atoms with Crippen LogP contribution in [0.4, 0.5) is 5.69 Å². The van der Waals surface area contributed by atoms with Crippen LogP contribution < -0.4 is 10.9 Å². The zero-order valence-corrected chi connectivity index (χ0v) is 17.2. The molecule has 0 saturated carbocycles. The molecule has 2 amide bonds. The lowest BCUT2D eigenvalue weighted by molar-refractivity contribution is 0.0696. The molecule has 0 spiro atoms. The number of carbonyl (C=O) groups is 2. The van der Waals surface area contributed by atoms with Crippen LogP contribution in [-0.2, 0) is 7.05 Å². The summed E-state index contributed by atoms with van der Waals surface area (Å²) in [4.78, 5) is 39.6. The van der Waals surface area contributed by atoms with Gasteiger partial charge in [-0.2, -0.15) is 0 Å². The highest BCUT2D eigenvalue weighted by Crippen LogP contribution is 2.22. The van der Waals surface area contributed by atoms with E-state index in [9.17, 15) is 14.4 Å². The van der Waals surface area contributed by atoms with Crippen molar-refractivity contribution >= 4 is 40.7 Å². The summed E-state index contributed by atoms with van der Waals surface area (Å²) < 4.78 is 1.29. The topological polar surface area (TPSA) is 71.4 Å². The molecule has 8 heteroatoms. The first-order valence-corrected chi connectivity index (χ1v) is 9.78. The van der Waals surface area contributed by atoms with E-state index in [0.29, 0.717) is 29.6 Å². The van der Waals surface area contributed by atoms with Gasteiger partial charge in [-0.25, -0.2) is 0 Å². The van der Waals surface area contributed by atoms with E-state index >= 15 is 0 Å². The second-order valence-corrected chi connectivity index (χ2v) is 7.96. The number of benzene rings is 1. The maximum Gasteiger partial charge on any atom is 0.274 e. The average molecular weight is 422 g/mol. The third-order valence-corrected chi connectivity index (χ3v) is 5.49. The molecule has 28 heavy (non-hydrogen) atoms. The van der Waals surface area contributed by atoms with Crippen LogP contribution >= 0.6 is 23.2 Å². The summed E-state index contributed by atoms with van der Waals surface area (Å²) >= 11 is 12.0. The van der Waals surface area contributed by atoms with Crippen LogP contribution in [0.2, 0.25) is 10.0 Å². The van der Waals surface area contributed by atoms with Crippen LogP contribution in [0, 0.1) is 5.92 Å². The van der Waals surface area contributed by atoms with Crippen LogP contribution in [0.5, 0.6) is 0 Å². The minimum Gasteiger partial charge on any atom is -0.339 e. The normalized spacial score (nSPS) is 14.8. The summed E-state index contributed by atoms with van der Waals surface area (Å²) in [5.74, 6) is -0.124. The molecular weight excluding hydrogens is 401 g/mol. The van der Waals surface area contributed by atoms with E-state index in [0.717, 1.165) is 12.8 Å². The Morgan fingerprint density at radius 3 is 2.50 bits per heavy atom. The lowest BCUT2D eigenvalue weighted by Gasteiger charge is -2.30. The average Bonchev–Trinajstić information content (AvgIpc) is 2.67. The van der Waals surface area contributed by atoms with Gasteiger partial charge in [-0.15, -0.1) is 0 Å². The minimum atomic E-state index is -0.569. The molecule has 1 aliphatic heterocycles. The van der Waals surface area contributed by atoms with Crippen LogP contribution in [0.25, 0.3) is 0 Å². The minimum absolute atomic E-state index is 0.0137. The van der Waals surface area contributed by atoms with Crippen LogP contribution in [-0.4, -0.2) is 34.4 Å². The second kappa shape index (κ2) is 8.37. The van der Waals surface area contributed by atoms with E-state index in [4.69, 9.17) is 23.2 Å². The number of rotatable bonds is 3. The molecule has 1 saturated heterocycles. The van der Waals surface area contributed by atoms with Gasteiger partial charge in [0.25, 0.3) is 17.4 Å². The molecule has 6 nitrogen and oxygen atoms in total. The number of pyridine rings is 1. The molecule has 1 aromatic heterocycles. The number of carbonyl (C=O) groups excluding carboxylic acids is 2. The zero-order valence-electron chi connectivity index (χ0n) is 15.7. The number of aromatic nitrogens is 1. The van der Waals surface area contributed by atoms with E-state index in [2.05, 4.69) is 12.2 Å². The second-order valence-electron chi connectivity index (χ2n) is 7.11. The number of hydrogen-bond acceptors (Lipinski definition) is 3. The maximum absolute atomic E-state index is 12.8. The number of amides is 2. The summed E-state index contributed by atoms with van der Waals surface area (Å²) in [6.45, 7) is 3.54. The Morgan fingerprint density at radius 2 is 1.82 bits per heavy atom. The maximum atomic E-state index is 12.8. The molecule has 1 N–H and O–H groups in total. The van der Waals surface area contributed by atoms with Crippen molar-refractivity contribution in [2.24, 2.45) is 13.0 Å². The number of halogens is 2. The quantitative estimate of drug-likeness (QED) is 0.818. The van der Waals surface area contributed by atoms with Gasteiger partial charge in [0.2, 0.25) is 0 Å². The first-order valence-electron chi connectivity index (χ1n) is 9.02. The van der Waals surface area contributed by atoms with Gasteiger partial charge < -0.3 is 14.8 Å². The Kier molecular flexibility index (Phi) is 6.10. The standard InChI is InChI=1S/C20H21Cl2N3O3/c1-12-5-7-25(8-6-12)19(27)13-9-17(20(28)24(2)11-13)23-18(26)15-10-14(21)3-4-16(15)22/h3-4,9-12H,5-8H2,1-2H3,(H,23,26). The van der Waals surface area contributed by atoms with Crippen molar-refractivity contribution in [3.63, 3.8) is 0 Å². The molecule has 0 radical (unpaired) electrons. The Morgan fingerprint density at radius 1 is 1.14 bits per heavy atom. The van der Waals surface area contributed by atoms with Gasteiger partial charge in [0.15, 0.2) is 0 Å². The van der Waals surface area contributed by atoms with Crippen molar-refractivity contribution < 1.29 is 9.59 Å². The largest absolute Gasteiger partial charge is 0.339 e. The fourth-order valence-electron chi connectivity index (χ4n) is 3.17. The molecule has 2 aromatic rings. The Bertz CT molecular complexity index is 979. The zero-order chi connectivity index (χ0) is 20.4. The van der Waals surface area contributed by atoms with Gasteiger partial charge in [-0.3, -0.25) is 14.4 Å². The van der Waals surface area contributed by atoms with Gasteiger partial charge in [0.05, 0.1) is 16.1 Å². The summed E-state index contributed by atoms with van der Waals surface area (Å²) in [6.07, 6.45) is 3.40. The van der Waals surface area contributed by atoms with Crippen molar-refractivity contribution in [1.29, 1.82) is 0 Å². The van der Waals surface area contributed by atoms with Gasteiger partial charge in [0.1, 0.15) is 5.69 Å². The number of hydrogen-bond donors (Lipinski definition) is 1. The number of nitrogens with zero attached hydrogens (tertiary/aromatic N) is 2. The van der Waals surface area contributed by atoms with Gasteiger partial charge >= 0.3 is 0 Å². The van der Waals surface area contributed by atoms with Crippen molar-refractivity contribution in [2.45, 2.75) is 19.8 Å². The van der Waals surface area contributed by atoms with Gasteiger partial charge in [0, 0.05) is 31.4 Å². The third-order valence-electron chi connectivity index (χ3n) is 4.92.